The van der Waals surface area contributed by atoms with E-state index < -0.39 is 8.32 Å². The van der Waals surface area contributed by atoms with Crippen LogP contribution in [0.4, 0.5) is 0 Å². The molecule has 1 atom stereocenters. The van der Waals surface area contributed by atoms with Crippen LogP contribution in [0.1, 0.15) is 40.2 Å². The number of ether oxygens (including phenoxy) is 1. The summed E-state index contributed by atoms with van der Waals surface area (Å²) in [6.07, 6.45) is 5.60. The van der Waals surface area contributed by atoms with Gasteiger partial charge < -0.3 is 9.16 Å². The second-order valence-corrected chi connectivity index (χ2v) is 13.0. The lowest BCUT2D eigenvalue weighted by molar-refractivity contribution is -0.0416. The van der Waals surface area contributed by atoms with Crippen LogP contribution in [0.3, 0.4) is 0 Å². The van der Waals surface area contributed by atoms with E-state index in [9.17, 15) is 0 Å². The molecule has 0 aromatic heterocycles. The van der Waals surface area contributed by atoms with Gasteiger partial charge in [0.2, 0.25) is 0 Å². The fraction of sp³-hybridized carbons (Fsp3) is 0.600. The first-order valence-corrected chi connectivity index (χ1v) is 11.2. The van der Waals surface area contributed by atoms with Gasteiger partial charge in [0.15, 0.2) is 8.32 Å². The van der Waals surface area contributed by atoms with Crippen molar-refractivity contribution in [1.82, 2.24) is 0 Å². The third-order valence-electron chi connectivity index (χ3n) is 4.87. The highest BCUT2D eigenvalue weighted by Crippen LogP contribution is 2.37. The standard InChI is InChI=1S/C20H32O2Si/c1-9-20(5,6)18(16-22-23(7,8)19(2,3)4)21-15-17-13-11-10-12-14-17/h1,10-14,18H,15-16H2,2-8H3/t18-/m0/s1. The van der Waals surface area contributed by atoms with E-state index in [4.69, 9.17) is 15.6 Å². The lowest BCUT2D eigenvalue weighted by Crippen LogP contribution is -2.45. The summed E-state index contributed by atoms with van der Waals surface area (Å²) in [5.41, 5.74) is 0.787. The summed E-state index contributed by atoms with van der Waals surface area (Å²) < 4.78 is 12.5. The van der Waals surface area contributed by atoms with Gasteiger partial charge in [-0.1, -0.05) is 57.0 Å². The van der Waals surface area contributed by atoms with E-state index in [2.05, 4.69) is 51.9 Å². The van der Waals surface area contributed by atoms with E-state index in [1.807, 2.05) is 32.0 Å². The molecule has 23 heavy (non-hydrogen) atoms. The van der Waals surface area contributed by atoms with Gasteiger partial charge in [-0.3, -0.25) is 0 Å². The van der Waals surface area contributed by atoms with Crippen LogP contribution in [-0.4, -0.2) is 21.0 Å². The van der Waals surface area contributed by atoms with Gasteiger partial charge in [0.05, 0.1) is 24.7 Å². The maximum Gasteiger partial charge on any atom is 0.192 e. The van der Waals surface area contributed by atoms with Crippen LogP contribution >= 0.6 is 0 Å². The maximum atomic E-state index is 6.35. The molecule has 2 nitrogen and oxygen atoms in total. The summed E-state index contributed by atoms with van der Waals surface area (Å²) in [7, 11) is -1.82. The summed E-state index contributed by atoms with van der Waals surface area (Å²) >= 11 is 0. The molecule has 1 aromatic rings. The van der Waals surface area contributed by atoms with E-state index in [0.29, 0.717) is 13.2 Å². The second-order valence-electron chi connectivity index (χ2n) is 8.22. The van der Waals surface area contributed by atoms with E-state index in [1.54, 1.807) is 0 Å². The van der Waals surface area contributed by atoms with Gasteiger partial charge in [-0.2, -0.15) is 0 Å². The molecule has 0 saturated heterocycles. The number of hydrogen-bond acceptors (Lipinski definition) is 2. The monoisotopic (exact) mass is 332 g/mol. The predicted octanol–water partition coefficient (Wildman–Crippen LogP) is 5.25. The zero-order valence-electron chi connectivity index (χ0n) is 15.8. The van der Waals surface area contributed by atoms with Gasteiger partial charge in [0.1, 0.15) is 0 Å². The average Bonchev–Trinajstić information content (AvgIpc) is 2.46. The molecule has 0 radical (unpaired) electrons. The van der Waals surface area contributed by atoms with Crippen molar-refractivity contribution in [2.45, 2.75) is 65.5 Å². The number of benzene rings is 1. The molecule has 0 spiro atoms. The molecule has 0 unspecified atom stereocenters. The van der Waals surface area contributed by atoms with Gasteiger partial charge in [-0.25, -0.2) is 0 Å². The highest BCUT2D eigenvalue weighted by atomic mass is 28.4. The Balaban J connectivity index is 2.77. The van der Waals surface area contributed by atoms with Crippen LogP contribution in [0, 0.1) is 17.8 Å². The molecule has 3 heteroatoms. The van der Waals surface area contributed by atoms with Gasteiger partial charge >= 0.3 is 0 Å². The molecule has 1 rings (SSSR count). The first-order valence-electron chi connectivity index (χ1n) is 8.27. The summed E-state index contributed by atoms with van der Waals surface area (Å²) in [5, 5.41) is 0.178. The Bertz CT molecular complexity index is 521. The molecule has 0 N–H and O–H groups in total. The van der Waals surface area contributed by atoms with Crippen molar-refractivity contribution in [2.24, 2.45) is 5.41 Å². The van der Waals surface area contributed by atoms with Crippen LogP contribution < -0.4 is 0 Å². The van der Waals surface area contributed by atoms with E-state index in [0.717, 1.165) is 5.56 Å². The minimum absolute atomic E-state index is 0.123. The molecular formula is C20H32O2Si. The number of terminal acetylenes is 1. The third-order valence-corrected chi connectivity index (χ3v) is 9.37. The fourth-order valence-corrected chi connectivity index (χ4v) is 2.83. The molecule has 1 aromatic carbocycles. The fourth-order valence-electron chi connectivity index (χ4n) is 1.83. The van der Waals surface area contributed by atoms with Crippen molar-refractivity contribution in [1.29, 1.82) is 0 Å². The molecule has 0 aliphatic carbocycles. The summed E-state index contributed by atoms with van der Waals surface area (Å²) in [5.74, 6) is 2.86. The Kier molecular flexibility index (Phi) is 6.65. The van der Waals surface area contributed by atoms with Gasteiger partial charge in [0, 0.05) is 0 Å². The average molecular weight is 333 g/mol. The van der Waals surface area contributed by atoms with Crippen molar-refractivity contribution in [2.75, 3.05) is 6.61 Å². The first-order chi connectivity index (χ1) is 10.5. The minimum Gasteiger partial charge on any atom is -0.414 e. The molecule has 0 saturated carbocycles. The zero-order valence-corrected chi connectivity index (χ0v) is 16.8. The topological polar surface area (TPSA) is 18.5 Å². The van der Waals surface area contributed by atoms with Gasteiger partial charge in [-0.05, 0) is 37.5 Å². The Labute approximate surface area is 143 Å². The van der Waals surface area contributed by atoms with Gasteiger partial charge in [0.25, 0.3) is 0 Å². The van der Waals surface area contributed by atoms with Crippen molar-refractivity contribution < 1.29 is 9.16 Å². The maximum absolute atomic E-state index is 6.35. The van der Waals surface area contributed by atoms with Crippen LogP contribution in [0.5, 0.6) is 0 Å². The Morgan fingerprint density at radius 1 is 1.09 bits per heavy atom. The molecule has 0 heterocycles. The van der Waals surface area contributed by atoms with Crippen LogP contribution in [-0.2, 0) is 15.8 Å². The number of rotatable bonds is 7. The van der Waals surface area contributed by atoms with Crippen molar-refractivity contribution in [3.05, 3.63) is 35.9 Å². The van der Waals surface area contributed by atoms with Crippen molar-refractivity contribution in [3.63, 3.8) is 0 Å². The lowest BCUT2D eigenvalue weighted by Gasteiger charge is -2.39. The van der Waals surface area contributed by atoms with E-state index >= 15 is 0 Å². The highest BCUT2D eigenvalue weighted by molar-refractivity contribution is 6.74. The largest absolute Gasteiger partial charge is 0.414 e. The van der Waals surface area contributed by atoms with Crippen LogP contribution in [0.2, 0.25) is 18.1 Å². The molecule has 0 bridgehead atoms. The first kappa shape index (κ1) is 20.0. The summed E-state index contributed by atoms with van der Waals surface area (Å²) in [4.78, 5) is 0. The zero-order chi connectivity index (χ0) is 17.7. The van der Waals surface area contributed by atoms with E-state index in [1.165, 1.54) is 0 Å². The normalized spacial score (nSPS) is 14.3. The van der Waals surface area contributed by atoms with Crippen LogP contribution in [0.15, 0.2) is 30.3 Å². The highest BCUT2D eigenvalue weighted by Gasteiger charge is 2.39. The molecule has 128 valence electrons. The predicted molar refractivity (Wildman–Crippen MR) is 101 cm³/mol. The molecule has 0 aliphatic heterocycles. The SMILES string of the molecule is C#CC(C)(C)[C@H](CO[Si](C)(C)C(C)(C)C)OCc1ccccc1. The van der Waals surface area contributed by atoms with Gasteiger partial charge in [-0.15, -0.1) is 6.42 Å². The Morgan fingerprint density at radius 3 is 2.13 bits per heavy atom. The Morgan fingerprint density at radius 2 is 1.65 bits per heavy atom. The third kappa shape index (κ3) is 5.80. The number of hydrogen-bond donors (Lipinski definition) is 0. The van der Waals surface area contributed by atoms with Crippen molar-refractivity contribution >= 4 is 8.32 Å². The molecule has 0 fully saturated rings. The quantitative estimate of drug-likeness (QED) is 0.501. The second kappa shape index (κ2) is 7.66. The minimum atomic E-state index is -1.82. The summed E-state index contributed by atoms with van der Waals surface area (Å²) in [6.45, 7) is 16.4. The van der Waals surface area contributed by atoms with Crippen molar-refractivity contribution in [3.8, 4) is 12.3 Å². The lowest BCUT2D eigenvalue weighted by atomic mass is 9.88. The molecule has 0 aliphatic rings. The smallest absolute Gasteiger partial charge is 0.192 e. The Hall–Kier alpha value is -1.08. The molecule has 0 amide bonds. The van der Waals surface area contributed by atoms with E-state index in [-0.39, 0.29) is 16.6 Å². The van der Waals surface area contributed by atoms with Crippen LogP contribution in [0.25, 0.3) is 0 Å². The summed E-state index contributed by atoms with van der Waals surface area (Å²) in [6, 6.07) is 10.2. The molecular weight excluding hydrogens is 300 g/mol.